The molecule has 1 aromatic heterocycles. The Kier molecular flexibility index (Phi) is 5.47. The number of nitrogens with zero attached hydrogens (tertiary/aromatic N) is 4. The molecule has 0 unspecified atom stereocenters. The van der Waals surface area contributed by atoms with Gasteiger partial charge in [-0.1, -0.05) is 24.3 Å². The number of benzene rings is 1. The molecule has 1 atom stereocenters. The summed E-state index contributed by atoms with van der Waals surface area (Å²) < 4.78 is 0. The number of amides is 1. The van der Waals surface area contributed by atoms with Crippen molar-refractivity contribution in [3.05, 3.63) is 54.7 Å². The summed E-state index contributed by atoms with van der Waals surface area (Å²) in [5.41, 5.74) is 2.47. The Balaban J connectivity index is 1.53. The van der Waals surface area contributed by atoms with Crippen molar-refractivity contribution in [3.8, 4) is 0 Å². The highest BCUT2D eigenvalue weighted by molar-refractivity contribution is 5.81. The van der Waals surface area contributed by atoms with Crippen LogP contribution in [-0.4, -0.2) is 70.9 Å². The predicted octanol–water partition coefficient (Wildman–Crippen LogP) is 2.92. The minimum atomic E-state index is 0.0761. The maximum Gasteiger partial charge on any atom is 0.222 e. The molecule has 0 radical (unpaired) electrons. The molecular weight excluding hydrogens is 348 g/mol. The van der Waals surface area contributed by atoms with Crippen molar-refractivity contribution in [2.75, 3.05) is 39.8 Å². The lowest BCUT2D eigenvalue weighted by atomic mass is 9.86. The van der Waals surface area contributed by atoms with Crippen molar-refractivity contribution in [3.63, 3.8) is 0 Å². The number of fused-ring (bicyclic) bond motifs is 1. The Hall–Kier alpha value is -2.24. The number of likely N-dealkylation sites (N-methyl/N-ethyl adjacent to an activating group) is 1. The molecule has 0 aliphatic carbocycles. The van der Waals surface area contributed by atoms with Crippen LogP contribution in [-0.2, 0) is 11.3 Å². The topological polar surface area (TPSA) is 39.7 Å². The number of rotatable bonds is 4. The van der Waals surface area contributed by atoms with E-state index in [0.29, 0.717) is 13.0 Å². The van der Waals surface area contributed by atoms with Gasteiger partial charge in [0.1, 0.15) is 0 Å². The van der Waals surface area contributed by atoms with Crippen LogP contribution in [0.2, 0.25) is 0 Å². The first kappa shape index (κ1) is 19.1. The first-order valence-corrected chi connectivity index (χ1v) is 10.3. The van der Waals surface area contributed by atoms with E-state index >= 15 is 0 Å². The molecule has 1 aromatic carbocycles. The Morgan fingerprint density at radius 2 is 2.04 bits per heavy atom. The van der Waals surface area contributed by atoms with Gasteiger partial charge in [0.25, 0.3) is 0 Å². The maximum absolute atomic E-state index is 12.5. The third kappa shape index (κ3) is 3.69. The molecule has 0 bridgehead atoms. The summed E-state index contributed by atoms with van der Waals surface area (Å²) in [7, 11) is 2.23. The molecule has 0 saturated carbocycles. The molecule has 3 heterocycles. The van der Waals surface area contributed by atoms with Crippen molar-refractivity contribution in [2.24, 2.45) is 0 Å². The summed E-state index contributed by atoms with van der Waals surface area (Å²) >= 11 is 0. The molecule has 2 aromatic rings. The quantitative estimate of drug-likeness (QED) is 0.767. The Labute approximate surface area is 167 Å². The van der Waals surface area contributed by atoms with Crippen LogP contribution in [0, 0.1) is 0 Å². The number of carbonyl (C=O) groups is 1. The van der Waals surface area contributed by atoms with Gasteiger partial charge >= 0.3 is 0 Å². The fourth-order valence-corrected chi connectivity index (χ4v) is 4.79. The number of aromatic nitrogens is 1. The number of para-hydroxylation sites is 1. The number of piperazine rings is 1. The molecule has 2 saturated heterocycles. The van der Waals surface area contributed by atoms with Gasteiger partial charge in [0, 0.05) is 62.8 Å². The summed E-state index contributed by atoms with van der Waals surface area (Å²) in [4.78, 5) is 24.0. The lowest BCUT2D eigenvalue weighted by Gasteiger charge is -2.49. The molecule has 2 aliphatic heterocycles. The van der Waals surface area contributed by atoms with Crippen LogP contribution in [0.15, 0.2) is 49.2 Å². The maximum atomic E-state index is 12.5. The average molecular weight is 379 g/mol. The van der Waals surface area contributed by atoms with Gasteiger partial charge in [0.2, 0.25) is 5.91 Å². The first-order valence-electron chi connectivity index (χ1n) is 10.3. The van der Waals surface area contributed by atoms with Crippen molar-refractivity contribution in [1.82, 2.24) is 19.7 Å². The van der Waals surface area contributed by atoms with Crippen molar-refractivity contribution in [1.29, 1.82) is 0 Å². The Morgan fingerprint density at radius 3 is 2.89 bits per heavy atom. The number of pyridine rings is 1. The first-order chi connectivity index (χ1) is 13.6. The van der Waals surface area contributed by atoms with Gasteiger partial charge < -0.3 is 4.90 Å². The van der Waals surface area contributed by atoms with Gasteiger partial charge in [-0.15, -0.1) is 6.58 Å². The highest BCUT2D eigenvalue weighted by atomic mass is 16.2. The van der Waals surface area contributed by atoms with E-state index in [4.69, 9.17) is 0 Å². The van der Waals surface area contributed by atoms with Crippen LogP contribution < -0.4 is 0 Å². The van der Waals surface area contributed by atoms with E-state index in [1.807, 2.05) is 23.2 Å². The summed E-state index contributed by atoms with van der Waals surface area (Å²) in [6.07, 6.45) is 6.34. The number of hydrogen-bond donors (Lipinski definition) is 0. The third-order valence-corrected chi connectivity index (χ3v) is 6.57. The zero-order valence-electron chi connectivity index (χ0n) is 16.8. The number of hydrogen-bond acceptors (Lipinski definition) is 4. The fraction of sp³-hybridized carbons (Fsp3) is 0.478. The molecule has 4 rings (SSSR count). The second-order valence-electron chi connectivity index (χ2n) is 8.22. The summed E-state index contributed by atoms with van der Waals surface area (Å²) in [6, 6.07) is 10.5. The highest BCUT2D eigenvalue weighted by Gasteiger charge is 2.42. The lowest BCUT2D eigenvalue weighted by Crippen LogP contribution is -2.60. The SMILES string of the molecule is C=CCN1CC[C@]2(CCC1=O)CN(Cc1ccnc3ccccc13)CCN2C. The number of carbonyl (C=O) groups excluding carboxylic acids is 1. The number of likely N-dealkylation sites (tertiary alicyclic amines) is 1. The van der Waals surface area contributed by atoms with Crippen molar-refractivity contribution in [2.45, 2.75) is 31.3 Å². The van der Waals surface area contributed by atoms with E-state index in [1.54, 1.807) is 0 Å². The molecular formula is C23H30N4O. The van der Waals surface area contributed by atoms with E-state index in [1.165, 1.54) is 10.9 Å². The zero-order chi connectivity index (χ0) is 19.6. The molecule has 1 amide bonds. The van der Waals surface area contributed by atoms with E-state index in [0.717, 1.165) is 51.1 Å². The fourth-order valence-electron chi connectivity index (χ4n) is 4.79. The van der Waals surface area contributed by atoms with Gasteiger partial charge in [0.05, 0.1) is 5.52 Å². The van der Waals surface area contributed by atoms with Crippen LogP contribution in [0.25, 0.3) is 10.9 Å². The second kappa shape index (κ2) is 8.02. The minimum Gasteiger partial charge on any atom is -0.339 e. The van der Waals surface area contributed by atoms with Crippen LogP contribution in [0.5, 0.6) is 0 Å². The molecule has 1 spiro atoms. The summed E-state index contributed by atoms with van der Waals surface area (Å²) in [5.74, 6) is 0.266. The molecule has 5 heteroatoms. The molecule has 2 fully saturated rings. The van der Waals surface area contributed by atoms with Crippen LogP contribution in [0.4, 0.5) is 0 Å². The minimum absolute atomic E-state index is 0.0761. The van der Waals surface area contributed by atoms with Crippen LogP contribution in [0.1, 0.15) is 24.8 Å². The smallest absolute Gasteiger partial charge is 0.222 e. The van der Waals surface area contributed by atoms with Gasteiger partial charge in [-0.2, -0.15) is 0 Å². The van der Waals surface area contributed by atoms with Crippen LogP contribution >= 0.6 is 0 Å². The third-order valence-electron chi connectivity index (χ3n) is 6.57. The van der Waals surface area contributed by atoms with Gasteiger partial charge in [-0.3, -0.25) is 19.6 Å². The van der Waals surface area contributed by atoms with Gasteiger partial charge in [0.15, 0.2) is 0 Å². The van der Waals surface area contributed by atoms with Gasteiger partial charge in [-0.25, -0.2) is 0 Å². The second-order valence-corrected chi connectivity index (χ2v) is 8.22. The van der Waals surface area contributed by atoms with Crippen molar-refractivity contribution >= 4 is 16.8 Å². The normalized spacial score (nSPS) is 24.6. The zero-order valence-corrected chi connectivity index (χ0v) is 16.8. The molecule has 5 nitrogen and oxygen atoms in total. The average Bonchev–Trinajstić information content (AvgIpc) is 2.86. The lowest BCUT2D eigenvalue weighted by molar-refractivity contribution is -0.130. The van der Waals surface area contributed by atoms with E-state index in [-0.39, 0.29) is 11.4 Å². The Bertz CT molecular complexity index is 861. The van der Waals surface area contributed by atoms with E-state index in [2.05, 4.69) is 52.7 Å². The Morgan fingerprint density at radius 1 is 1.18 bits per heavy atom. The molecule has 2 aliphatic rings. The van der Waals surface area contributed by atoms with Crippen molar-refractivity contribution < 1.29 is 4.79 Å². The standard InChI is InChI=1S/C23H30N4O/c1-3-13-27-14-11-23(10-8-22(27)28)18-26(16-15-25(23)2)17-19-9-12-24-21-7-5-4-6-20(19)21/h3-7,9,12H,1,8,10-11,13-18H2,2H3/t23-/m1/s1. The summed E-state index contributed by atoms with van der Waals surface area (Å²) in [5, 5.41) is 1.24. The monoisotopic (exact) mass is 378 g/mol. The molecule has 0 N–H and O–H groups in total. The van der Waals surface area contributed by atoms with E-state index < -0.39 is 0 Å². The predicted molar refractivity (Wildman–Crippen MR) is 113 cm³/mol. The molecule has 28 heavy (non-hydrogen) atoms. The summed E-state index contributed by atoms with van der Waals surface area (Å²) in [6.45, 7) is 9.32. The van der Waals surface area contributed by atoms with Gasteiger partial charge in [-0.05, 0) is 37.6 Å². The highest BCUT2D eigenvalue weighted by Crippen LogP contribution is 2.33. The molecule has 148 valence electrons. The van der Waals surface area contributed by atoms with E-state index in [9.17, 15) is 4.79 Å². The van der Waals surface area contributed by atoms with Crippen LogP contribution in [0.3, 0.4) is 0 Å². The largest absolute Gasteiger partial charge is 0.339 e.